The van der Waals surface area contributed by atoms with E-state index >= 15 is 0 Å². The Balaban J connectivity index is 1.90. The third-order valence-electron chi connectivity index (χ3n) is 4.62. The molecule has 0 bridgehead atoms. The fraction of sp³-hybridized carbons (Fsp3) is 1.00. The topological polar surface area (TPSA) is 24.5 Å². The zero-order valence-electron chi connectivity index (χ0n) is 12.4. The molecule has 18 heavy (non-hydrogen) atoms. The average Bonchev–Trinajstić information content (AvgIpc) is 2.55. The molecule has 1 atom stereocenters. The summed E-state index contributed by atoms with van der Waals surface area (Å²) in [4.78, 5) is 2.69. The summed E-state index contributed by atoms with van der Waals surface area (Å²) in [6, 6.07) is 0.663. The molecule has 0 saturated carbocycles. The zero-order valence-corrected chi connectivity index (χ0v) is 12.4. The van der Waals surface area contributed by atoms with E-state index in [4.69, 9.17) is 4.74 Å². The van der Waals surface area contributed by atoms with Gasteiger partial charge in [-0.2, -0.15) is 0 Å². The summed E-state index contributed by atoms with van der Waals surface area (Å²) in [5.74, 6) is 0.730. The van der Waals surface area contributed by atoms with E-state index in [2.05, 4.69) is 31.0 Å². The van der Waals surface area contributed by atoms with Gasteiger partial charge in [-0.15, -0.1) is 0 Å². The van der Waals surface area contributed by atoms with Gasteiger partial charge in [0.15, 0.2) is 0 Å². The lowest BCUT2D eigenvalue weighted by atomic mass is 9.81. The number of nitrogens with zero attached hydrogens (tertiary/aromatic N) is 1. The molecule has 106 valence electrons. The maximum Gasteiger partial charge on any atom is 0.0471 e. The minimum atomic E-state index is 0.476. The lowest BCUT2D eigenvalue weighted by Crippen LogP contribution is -2.45. The standard InChI is InChI=1S/C15H30N2O/c1-13(2)14-11-17(8-4-7-16-14)12-15(3)5-9-18-10-6-15/h13-14,16H,4-12H2,1-3H3. The number of rotatable bonds is 3. The van der Waals surface area contributed by atoms with Crippen molar-refractivity contribution in [3.8, 4) is 0 Å². The molecule has 2 fully saturated rings. The smallest absolute Gasteiger partial charge is 0.0471 e. The second-order valence-corrected chi connectivity index (χ2v) is 6.82. The fourth-order valence-electron chi connectivity index (χ4n) is 3.18. The number of nitrogens with one attached hydrogen (secondary N) is 1. The molecule has 0 aromatic carbocycles. The average molecular weight is 254 g/mol. The summed E-state index contributed by atoms with van der Waals surface area (Å²) < 4.78 is 5.51. The van der Waals surface area contributed by atoms with Gasteiger partial charge in [0, 0.05) is 32.3 Å². The van der Waals surface area contributed by atoms with Crippen molar-refractivity contribution in [3.05, 3.63) is 0 Å². The van der Waals surface area contributed by atoms with Gasteiger partial charge in [0.1, 0.15) is 0 Å². The Morgan fingerprint density at radius 2 is 2.06 bits per heavy atom. The van der Waals surface area contributed by atoms with Crippen LogP contribution in [0.15, 0.2) is 0 Å². The second kappa shape index (κ2) is 6.36. The van der Waals surface area contributed by atoms with Gasteiger partial charge in [0.05, 0.1) is 0 Å². The first-order chi connectivity index (χ1) is 8.59. The molecule has 3 heteroatoms. The highest BCUT2D eigenvalue weighted by atomic mass is 16.5. The molecular formula is C15H30N2O. The van der Waals surface area contributed by atoms with E-state index in [0.717, 1.165) is 19.1 Å². The van der Waals surface area contributed by atoms with Crippen LogP contribution < -0.4 is 5.32 Å². The maximum absolute atomic E-state index is 5.51. The molecule has 2 heterocycles. The number of ether oxygens (including phenoxy) is 1. The second-order valence-electron chi connectivity index (χ2n) is 6.82. The largest absolute Gasteiger partial charge is 0.381 e. The van der Waals surface area contributed by atoms with Gasteiger partial charge >= 0.3 is 0 Å². The van der Waals surface area contributed by atoms with Crippen LogP contribution in [0, 0.1) is 11.3 Å². The van der Waals surface area contributed by atoms with Gasteiger partial charge in [0.2, 0.25) is 0 Å². The first kappa shape index (κ1) is 14.3. The zero-order chi connectivity index (χ0) is 13.0. The maximum atomic E-state index is 5.51. The van der Waals surface area contributed by atoms with Crippen molar-refractivity contribution in [3.63, 3.8) is 0 Å². The third kappa shape index (κ3) is 3.94. The van der Waals surface area contributed by atoms with E-state index in [0.29, 0.717) is 11.5 Å². The van der Waals surface area contributed by atoms with Crippen LogP contribution in [0.25, 0.3) is 0 Å². The first-order valence-corrected chi connectivity index (χ1v) is 7.63. The van der Waals surface area contributed by atoms with Crippen molar-refractivity contribution in [2.75, 3.05) is 39.4 Å². The lowest BCUT2D eigenvalue weighted by molar-refractivity contribution is 0.00426. The molecule has 0 aromatic heterocycles. The predicted octanol–water partition coefficient (Wildman–Crippen LogP) is 2.12. The summed E-state index contributed by atoms with van der Waals surface area (Å²) in [5.41, 5.74) is 0.476. The summed E-state index contributed by atoms with van der Waals surface area (Å²) >= 11 is 0. The van der Waals surface area contributed by atoms with Gasteiger partial charge in [-0.05, 0) is 43.7 Å². The molecule has 2 aliphatic rings. The molecule has 2 rings (SSSR count). The van der Waals surface area contributed by atoms with Gasteiger partial charge in [-0.25, -0.2) is 0 Å². The molecule has 2 aliphatic heterocycles. The Hall–Kier alpha value is -0.120. The first-order valence-electron chi connectivity index (χ1n) is 7.63. The van der Waals surface area contributed by atoms with E-state index in [-0.39, 0.29) is 0 Å². The SMILES string of the molecule is CC(C)C1CN(CC2(C)CCOCC2)CCCN1. The molecule has 1 unspecified atom stereocenters. The lowest BCUT2D eigenvalue weighted by Gasteiger charge is -2.39. The van der Waals surface area contributed by atoms with Gasteiger partial charge in [-0.3, -0.25) is 0 Å². The Morgan fingerprint density at radius 1 is 1.33 bits per heavy atom. The Kier molecular flexibility index (Phi) is 5.05. The van der Waals surface area contributed by atoms with Crippen LogP contribution in [-0.4, -0.2) is 50.3 Å². The van der Waals surface area contributed by atoms with Gasteiger partial charge in [0.25, 0.3) is 0 Å². The molecule has 0 aliphatic carbocycles. The van der Waals surface area contributed by atoms with Crippen molar-refractivity contribution in [2.45, 2.75) is 46.1 Å². The van der Waals surface area contributed by atoms with E-state index in [1.165, 1.54) is 45.4 Å². The van der Waals surface area contributed by atoms with Crippen molar-refractivity contribution < 1.29 is 4.74 Å². The predicted molar refractivity (Wildman–Crippen MR) is 75.8 cm³/mol. The fourth-order valence-corrected chi connectivity index (χ4v) is 3.18. The van der Waals surface area contributed by atoms with Crippen LogP contribution in [0.4, 0.5) is 0 Å². The van der Waals surface area contributed by atoms with Crippen molar-refractivity contribution in [1.29, 1.82) is 0 Å². The minimum Gasteiger partial charge on any atom is -0.381 e. The number of hydrogen-bond acceptors (Lipinski definition) is 3. The third-order valence-corrected chi connectivity index (χ3v) is 4.62. The summed E-state index contributed by atoms with van der Waals surface area (Å²) in [7, 11) is 0. The normalized spacial score (nSPS) is 30.3. The molecule has 1 N–H and O–H groups in total. The number of hydrogen-bond donors (Lipinski definition) is 1. The quantitative estimate of drug-likeness (QED) is 0.835. The van der Waals surface area contributed by atoms with Gasteiger partial charge < -0.3 is 15.0 Å². The Morgan fingerprint density at radius 3 is 2.72 bits per heavy atom. The van der Waals surface area contributed by atoms with Gasteiger partial charge in [-0.1, -0.05) is 20.8 Å². The minimum absolute atomic E-state index is 0.476. The monoisotopic (exact) mass is 254 g/mol. The van der Waals surface area contributed by atoms with Crippen molar-refractivity contribution in [1.82, 2.24) is 10.2 Å². The molecular weight excluding hydrogens is 224 g/mol. The van der Waals surface area contributed by atoms with Crippen LogP contribution in [0.1, 0.15) is 40.0 Å². The highest BCUT2D eigenvalue weighted by Crippen LogP contribution is 2.31. The highest BCUT2D eigenvalue weighted by molar-refractivity contribution is 4.85. The van der Waals surface area contributed by atoms with E-state index < -0.39 is 0 Å². The van der Waals surface area contributed by atoms with Crippen LogP contribution >= 0.6 is 0 Å². The van der Waals surface area contributed by atoms with Crippen molar-refractivity contribution >= 4 is 0 Å². The van der Waals surface area contributed by atoms with Crippen LogP contribution in [0.5, 0.6) is 0 Å². The van der Waals surface area contributed by atoms with E-state index in [1.54, 1.807) is 0 Å². The van der Waals surface area contributed by atoms with Crippen LogP contribution in [0.2, 0.25) is 0 Å². The molecule has 2 saturated heterocycles. The Bertz CT molecular complexity index is 249. The molecule has 0 amide bonds. The van der Waals surface area contributed by atoms with E-state index in [1.807, 2.05) is 0 Å². The van der Waals surface area contributed by atoms with E-state index in [9.17, 15) is 0 Å². The van der Waals surface area contributed by atoms with Crippen molar-refractivity contribution in [2.24, 2.45) is 11.3 Å². The summed E-state index contributed by atoms with van der Waals surface area (Å²) in [6.45, 7) is 13.9. The highest BCUT2D eigenvalue weighted by Gasteiger charge is 2.31. The molecule has 0 radical (unpaired) electrons. The van der Waals surface area contributed by atoms with Crippen LogP contribution in [0.3, 0.4) is 0 Å². The molecule has 0 aromatic rings. The molecule has 0 spiro atoms. The Labute approximate surface area is 112 Å². The summed E-state index contributed by atoms with van der Waals surface area (Å²) in [6.07, 6.45) is 3.74. The van der Waals surface area contributed by atoms with Crippen LogP contribution in [-0.2, 0) is 4.74 Å². The summed E-state index contributed by atoms with van der Waals surface area (Å²) in [5, 5.41) is 3.69. The molecule has 3 nitrogen and oxygen atoms in total.